The van der Waals surface area contributed by atoms with Crippen molar-refractivity contribution in [2.75, 3.05) is 0 Å². The van der Waals surface area contributed by atoms with Crippen molar-refractivity contribution in [3.8, 4) is 0 Å². The van der Waals surface area contributed by atoms with Gasteiger partial charge < -0.3 is 0 Å². The zero-order valence-corrected chi connectivity index (χ0v) is 21.8. The Morgan fingerprint density at radius 2 is 0.969 bits per heavy atom. The summed E-state index contributed by atoms with van der Waals surface area (Å²) >= 11 is 0. The second kappa shape index (κ2) is 18.5. The number of benzene rings is 1. The van der Waals surface area contributed by atoms with Crippen molar-refractivity contribution in [2.45, 2.75) is 147 Å². The van der Waals surface area contributed by atoms with Crippen LogP contribution in [-0.4, -0.2) is 13.0 Å². The lowest BCUT2D eigenvalue weighted by Gasteiger charge is -2.17. The van der Waals surface area contributed by atoms with E-state index >= 15 is 0 Å². The summed E-state index contributed by atoms with van der Waals surface area (Å²) in [7, 11) is -4.11. The molecule has 186 valence electrons. The SMILES string of the molecule is CCCCCCCCCCCCCCCCCC(CCCC)c1ccc(S(=O)(=O)O)cc1. The van der Waals surface area contributed by atoms with Gasteiger partial charge in [-0.3, -0.25) is 4.55 Å². The third-order valence-electron chi connectivity index (χ3n) is 6.71. The summed E-state index contributed by atoms with van der Waals surface area (Å²) in [5.41, 5.74) is 1.20. The van der Waals surface area contributed by atoms with E-state index in [4.69, 9.17) is 0 Å². The van der Waals surface area contributed by atoms with Gasteiger partial charge in [-0.25, -0.2) is 0 Å². The van der Waals surface area contributed by atoms with Gasteiger partial charge in [0.25, 0.3) is 10.1 Å². The fourth-order valence-corrected chi connectivity index (χ4v) is 5.08. The van der Waals surface area contributed by atoms with Crippen LogP contribution in [0.5, 0.6) is 0 Å². The molecule has 3 nitrogen and oxygen atoms in total. The number of unbranched alkanes of at least 4 members (excludes halogenated alkanes) is 15. The highest BCUT2D eigenvalue weighted by Gasteiger charge is 2.14. The average Bonchev–Trinajstić information content (AvgIpc) is 2.78. The first-order valence-electron chi connectivity index (χ1n) is 13.6. The largest absolute Gasteiger partial charge is 0.294 e. The lowest BCUT2D eigenvalue weighted by atomic mass is 9.88. The summed E-state index contributed by atoms with van der Waals surface area (Å²) in [6.07, 6.45) is 25.4. The normalized spacial score (nSPS) is 12.8. The molecule has 4 heteroatoms. The molecule has 0 spiro atoms. The Bertz CT molecular complexity index is 652. The summed E-state index contributed by atoms with van der Waals surface area (Å²) in [6, 6.07) is 6.84. The summed E-state index contributed by atoms with van der Waals surface area (Å²) in [6.45, 7) is 4.49. The minimum atomic E-state index is -4.11. The van der Waals surface area contributed by atoms with Crippen LogP contribution in [0.3, 0.4) is 0 Å². The Hall–Kier alpha value is -0.870. The van der Waals surface area contributed by atoms with E-state index in [1.807, 2.05) is 12.1 Å². The molecule has 0 heterocycles. The molecule has 1 N–H and O–H groups in total. The van der Waals surface area contributed by atoms with Crippen molar-refractivity contribution in [3.63, 3.8) is 0 Å². The first kappa shape index (κ1) is 29.2. The van der Waals surface area contributed by atoms with Gasteiger partial charge in [0.1, 0.15) is 0 Å². The maximum Gasteiger partial charge on any atom is 0.294 e. The second-order valence-corrected chi connectivity index (χ2v) is 11.0. The highest BCUT2D eigenvalue weighted by atomic mass is 32.2. The minimum absolute atomic E-state index is 0.0116. The number of hydrogen-bond acceptors (Lipinski definition) is 2. The van der Waals surface area contributed by atoms with Crippen LogP contribution >= 0.6 is 0 Å². The van der Waals surface area contributed by atoms with Gasteiger partial charge in [0, 0.05) is 0 Å². The molecule has 32 heavy (non-hydrogen) atoms. The molecular weight excluding hydrogens is 416 g/mol. The van der Waals surface area contributed by atoms with Gasteiger partial charge >= 0.3 is 0 Å². The van der Waals surface area contributed by atoms with Crippen molar-refractivity contribution < 1.29 is 13.0 Å². The maximum atomic E-state index is 11.3. The fraction of sp³-hybridized carbons (Fsp3) is 0.786. The molecule has 0 aliphatic carbocycles. The van der Waals surface area contributed by atoms with Crippen LogP contribution < -0.4 is 0 Å². The van der Waals surface area contributed by atoms with Gasteiger partial charge in [0.15, 0.2) is 0 Å². The second-order valence-electron chi connectivity index (χ2n) is 9.62. The predicted octanol–water partition coefficient (Wildman–Crippen LogP) is 9.47. The van der Waals surface area contributed by atoms with Crippen LogP contribution in [0.1, 0.15) is 147 Å². The molecule has 0 amide bonds. The molecule has 1 aromatic rings. The van der Waals surface area contributed by atoms with E-state index in [-0.39, 0.29) is 4.90 Å². The van der Waals surface area contributed by atoms with Gasteiger partial charge in [-0.1, -0.05) is 135 Å². The summed E-state index contributed by atoms with van der Waals surface area (Å²) in [5, 5.41) is 0. The lowest BCUT2D eigenvalue weighted by Crippen LogP contribution is -2.02. The maximum absolute atomic E-state index is 11.3. The summed E-state index contributed by atoms with van der Waals surface area (Å²) in [5.74, 6) is 0.493. The van der Waals surface area contributed by atoms with E-state index in [0.29, 0.717) is 5.92 Å². The van der Waals surface area contributed by atoms with E-state index < -0.39 is 10.1 Å². The van der Waals surface area contributed by atoms with Crippen molar-refractivity contribution >= 4 is 10.1 Å². The monoisotopic (exact) mass is 466 g/mol. The van der Waals surface area contributed by atoms with Gasteiger partial charge in [-0.05, 0) is 36.5 Å². The molecule has 1 atom stereocenters. The quantitative estimate of drug-likeness (QED) is 0.145. The van der Waals surface area contributed by atoms with E-state index in [2.05, 4.69) is 13.8 Å². The van der Waals surface area contributed by atoms with Crippen molar-refractivity contribution in [2.24, 2.45) is 0 Å². The van der Waals surface area contributed by atoms with Gasteiger partial charge in [-0.15, -0.1) is 0 Å². The number of hydrogen-bond donors (Lipinski definition) is 1. The third-order valence-corrected chi connectivity index (χ3v) is 7.58. The molecule has 1 aromatic carbocycles. The van der Waals surface area contributed by atoms with Crippen molar-refractivity contribution in [1.82, 2.24) is 0 Å². The van der Waals surface area contributed by atoms with Gasteiger partial charge in [-0.2, -0.15) is 8.42 Å². The van der Waals surface area contributed by atoms with E-state index in [9.17, 15) is 13.0 Å². The van der Waals surface area contributed by atoms with Gasteiger partial charge in [0.05, 0.1) is 4.90 Å². The fourth-order valence-electron chi connectivity index (χ4n) is 4.60. The smallest absolute Gasteiger partial charge is 0.282 e. The Kier molecular flexibility index (Phi) is 16.9. The third kappa shape index (κ3) is 14.3. The van der Waals surface area contributed by atoms with E-state index in [0.717, 1.165) is 6.42 Å². The first-order chi connectivity index (χ1) is 15.5. The Labute approximate surface area is 199 Å². The van der Waals surface area contributed by atoms with Gasteiger partial charge in [0.2, 0.25) is 0 Å². The Balaban J connectivity index is 2.12. The van der Waals surface area contributed by atoms with Crippen LogP contribution in [0.4, 0.5) is 0 Å². The van der Waals surface area contributed by atoms with Crippen LogP contribution in [0.25, 0.3) is 0 Å². The first-order valence-corrected chi connectivity index (χ1v) is 15.0. The standard InChI is InChI=1S/C28H50O3S/c1-3-5-7-8-9-10-11-12-13-14-15-16-17-18-19-21-26(20-6-4-2)27-22-24-28(25-23-27)32(29,30)31/h22-26H,3-21H2,1-2H3,(H,29,30,31). The molecule has 1 unspecified atom stereocenters. The molecule has 0 radical (unpaired) electrons. The predicted molar refractivity (Wildman–Crippen MR) is 138 cm³/mol. The minimum Gasteiger partial charge on any atom is -0.282 e. The summed E-state index contributed by atoms with van der Waals surface area (Å²) < 4.78 is 31.7. The lowest BCUT2D eigenvalue weighted by molar-refractivity contribution is 0.482. The van der Waals surface area contributed by atoms with Crippen molar-refractivity contribution in [3.05, 3.63) is 29.8 Å². The highest BCUT2D eigenvalue weighted by Crippen LogP contribution is 2.29. The average molecular weight is 467 g/mol. The number of rotatable bonds is 21. The molecule has 0 aliphatic heterocycles. The highest BCUT2D eigenvalue weighted by molar-refractivity contribution is 7.85. The molecular formula is C28H50O3S. The zero-order valence-electron chi connectivity index (χ0n) is 21.0. The van der Waals surface area contributed by atoms with E-state index in [1.165, 1.54) is 133 Å². The van der Waals surface area contributed by atoms with Crippen LogP contribution in [0, 0.1) is 0 Å². The van der Waals surface area contributed by atoms with Crippen LogP contribution in [0.2, 0.25) is 0 Å². The molecule has 1 rings (SSSR count). The topological polar surface area (TPSA) is 54.4 Å². The van der Waals surface area contributed by atoms with Crippen LogP contribution in [0.15, 0.2) is 29.2 Å². The molecule has 0 saturated heterocycles. The molecule has 0 bridgehead atoms. The van der Waals surface area contributed by atoms with Crippen molar-refractivity contribution in [1.29, 1.82) is 0 Å². The zero-order chi connectivity index (χ0) is 23.5. The molecule has 0 aliphatic rings. The summed E-state index contributed by atoms with van der Waals surface area (Å²) in [4.78, 5) is -0.0116. The van der Waals surface area contributed by atoms with Crippen LogP contribution in [-0.2, 0) is 10.1 Å². The molecule has 0 aromatic heterocycles. The Morgan fingerprint density at radius 1 is 0.594 bits per heavy atom. The molecule has 0 saturated carbocycles. The van der Waals surface area contributed by atoms with E-state index in [1.54, 1.807) is 0 Å². The Morgan fingerprint density at radius 3 is 1.38 bits per heavy atom. The molecule has 0 fully saturated rings.